The topological polar surface area (TPSA) is 59.4 Å². The van der Waals surface area contributed by atoms with Crippen LogP contribution in [0.1, 0.15) is 19.0 Å². The standard InChI is InChI=1S/C11H10F5NO3/c1-2-7(9(18)19)20-6-3-4-17-8(5-6)10(12,13)11(14,15)16/h3-5,7H,2H2,1H3,(H,18,19). The number of aliphatic carboxylic acids is 1. The molecule has 1 heterocycles. The fourth-order valence-electron chi connectivity index (χ4n) is 1.27. The van der Waals surface area contributed by atoms with E-state index in [0.717, 1.165) is 6.07 Å². The first-order chi connectivity index (χ1) is 9.09. The molecule has 0 saturated carbocycles. The van der Waals surface area contributed by atoms with Gasteiger partial charge in [0.1, 0.15) is 11.4 Å². The second-order valence-corrected chi connectivity index (χ2v) is 3.80. The number of aromatic nitrogens is 1. The summed E-state index contributed by atoms with van der Waals surface area (Å²) in [5.74, 6) is -6.92. The van der Waals surface area contributed by atoms with Crippen molar-refractivity contribution < 1.29 is 36.6 Å². The number of carbonyl (C=O) groups is 1. The molecule has 0 fully saturated rings. The normalized spacial score (nSPS) is 13.9. The summed E-state index contributed by atoms with van der Waals surface area (Å²) >= 11 is 0. The molecule has 0 bridgehead atoms. The van der Waals surface area contributed by atoms with Crippen LogP contribution in [0.5, 0.6) is 5.75 Å². The monoisotopic (exact) mass is 299 g/mol. The van der Waals surface area contributed by atoms with Crippen molar-refractivity contribution in [1.82, 2.24) is 4.98 Å². The van der Waals surface area contributed by atoms with E-state index in [2.05, 4.69) is 4.98 Å². The third-order valence-electron chi connectivity index (χ3n) is 2.33. The van der Waals surface area contributed by atoms with Crippen LogP contribution in [0.4, 0.5) is 22.0 Å². The first kappa shape index (κ1) is 16.1. The van der Waals surface area contributed by atoms with E-state index >= 15 is 0 Å². The number of alkyl halides is 5. The molecule has 1 unspecified atom stereocenters. The van der Waals surface area contributed by atoms with E-state index in [9.17, 15) is 26.7 Å². The lowest BCUT2D eigenvalue weighted by Crippen LogP contribution is -2.34. The van der Waals surface area contributed by atoms with Gasteiger partial charge in [-0.1, -0.05) is 6.92 Å². The summed E-state index contributed by atoms with van der Waals surface area (Å²) in [7, 11) is 0. The lowest BCUT2D eigenvalue weighted by atomic mass is 10.2. The third kappa shape index (κ3) is 3.34. The Morgan fingerprint density at radius 1 is 1.40 bits per heavy atom. The van der Waals surface area contributed by atoms with Gasteiger partial charge >= 0.3 is 18.1 Å². The van der Waals surface area contributed by atoms with Gasteiger partial charge in [-0.05, 0) is 12.5 Å². The molecule has 0 aliphatic carbocycles. The maximum Gasteiger partial charge on any atom is 0.459 e. The molecule has 1 aromatic heterocycles. The van der Waals surface area contributed by atoms with E-state index < -0.39 is 35.6 Å². The van der Waals surface area contributed by atoms with Crippen LogP contribution in [0, 0.1) is 0 Å². The average Bonchev–Trinajstić information content (AvgIpc) is 2.34. The number of pyridine rings is 1. The summed E-state index contributed by atoms with van der Waals surface area (Å²) < 4.78 is 67.5. The van der Waals surface area contributed by atoms with Crippen molar-refractivity contribution >= 4 is 5.97 Å². The van der Waals surface area contributed by atoms with Crippen molar-refractivity contribution in [2.75, 3.05) is 0 Å². The van der Waals surface area contributed by atoms with Gasteiger partial charge in [0.2, 0.25) is 0 Å². The van der Waals surface area contributed by atoms with Crippen LogP contribution in [0.2, 0.25) is 0 Å². The van der Waals surface area contributed by atoms with Gasteiger partial charge in [0, 0.05) is 12.3 Å². The Morgan fingerprint density at radius 2 is 2.00 bits per heavy atom. The second kappa shape index (κ2) is 5.59. The minimum Gasteiger partial charge on any atom is -0.479 e. The van der Waals surface area contributed by atoms with Crippen LogP contribution in [-0.4, -0.2) is 28.3 Å². The molecule has 1 N–H and O–H groups in total. The van der Waals surface area contributed by atoms with Crippen LogP contribution in [0.25, 0.3) is 0 Å². The second-order valence-electron chi connectivity index (χ2n) is 3.80. The molecule has 4 nitrogen and oxygen atoms in total. The van der Waals surface area contributed by atoms with Crippen molar-refractivity contribution in [2.45, 2.75) is 31.5 Å². The molecule has 0 aliphatic rings. The van der Waals surface area contributed by atoms with Crippen molar-refractivity contribution in [3.63, 3.8) is 0 Å². The molecule has 9 heteroatoms. The number of nitrogens with zero attached hydrogens (tertiary/aromatic N) is 1. The van der Waals surface area contributed by atoms with Gasteiger partial charge < -0.3 is 9.84 Å². The first-order valence-corrected chi connectivity index (χ1v) is 5.40. The minimum atomic E-state index is -5.80. The summed E-state index contributed by atoms with van der Waals surface area (Å²) in [6, 6.07) is 1.38. The van der Waals surface area contributed by atoms with E-state index in [-0.39, 0.29) is 6.42 Å². The smallest absolute Gasteiger partial charge is 0.459 e. The molecule has 20 heavy (non-hydrogen) atoms. The maximum absolute atomic E-state index is 13.1. The molecular formula is C11H10F5NO3. The number of carboxylic acids is 1. The molecule has 0 saturated heterocycles. The van der Waals surface area contributed by atoms with Crippen molar-refractivity contribution in [1.29, 1.82) is 0 Å². The summed E-state index contributed by atoms with van der Waals surface area (Å²) in [5, 5.41) is 8.72. The van der Waals surface area contributed by atoms with Gasteiger partial charge in [-0.15, -0.1) is 0 Å². The van der Waals surface area contributed by atoms with Crippen LogP contribution < -0.4 is 4.74 Å². The van der Waals surface area contributed by atoms with E-state index in [4.69, 9.17) is 9.84 Å². The van der Waals surface area contributed by atoms with Crippen LogP contribution >= 0.6 is 0 Å². The van der Waals surface area contributed by atoms with Gasteiger partial charge in [-0.25, -0.2) is 4.79 Å². The first-order valence-electron chi connectivity index (χ1n) is 5.40. The number of halogens is 5. The van der Waals surface area contributed by atoms with Gasteiger partial charge in [-0.2, -0.15) is 22.0 Å². The molecule has 0 amide bonds. The zero-order valence-electron chi connectivity index (χ0n) is 10.1. The highest BCUT2D eigenvalue weighted by atomic mass is 19.4. The van der Waals surface area contributed by atoms with Gasteiger partial charge in [-0.3, -0.25) is 4.98 Å². The number of carboxylic acid groups (broad SMARTS) is 1. The quantitative estimate of drug-likeness (QED) is 0.849. The highest BCUT2D eigenvalue weighted by molar-refractivity contribution is 5.72. The van der Waals surface area contributed by atoms with Crippen LogP contribution in [0.3, 0.4) is 0 Å². The highest BCUT2D eigenvalue weighted by Crippen LogP contribution is 2.43. The van der Waals surface area contributed by atoms with E-state index in [0.29, 0.717) is 12.3 Å². The zero-order chi connectivity index (χ0) is 15.6. The van der Waals surface area contributed by atoms with Crippen LogP contribution in [-0.2, 0) is 10.7 Å². The lowest BCUT2D eigenvalue weighted by Gasteiger charge is -2.20. The number of hydrogen-bond donors (Lipinski definition) is 1. The largest absolute Gasteiger partial charge is 0.479 e. The molecule has 0 radical (unpaired) electrons. The molecule has 0 aliphatic heterocycles. The fourth-order valence-corrected chi connectivity index (χ4v) is 1.27. The molecular weight excluding hydrogens is 289 g/mol. The highest BCUT2D eigenvalue weighted by Gasteiger charge is 2.60. The Hall–Kier alpha value is -1.93. The van der Waals surface area contributed by atoms with E-state index in [1.807, 2.05) is 0 Å². The minimum absolute atomic E-state index is 0.0165. The molecule has 0 spiro atoms. The molecule has 1 atom stereocenters. The predicted octanol–water partition coefficient (Wildman–Crippen LogP) is 2.98. The van der Waals surface area contributed by atoms with Gasteiger partial charge in [0.05, 0.1) is 0 Å². The molecule has 1 aromatic rings. The van der Waals surface area contributed by atoms with E-state index in [1.54, 1.807) is 0 Å². The number of hydrogen-bond acceptors (Lipinski definition) is 3. The van der Waals surface area contributed by atoms with Crippen molar-refractivity contribution in [3.05, 3.63) is 24.0 Å². The van der Waals surface area contributed by atoms with Gasteiger partial charge in [0.15, 0.2) is 6.10 Å². The number of ether oxygens (including phenoxy) is 1. The molecule has 112 valence electrons. The summed E-state index contributed by atoms with van der Waals surface area (Å²) in [4.78, 5) is 13.7. The van der Waals surface area contributed by atoms with Crippen molar-refractivity contribution in [2.24, 2.45) is 0 Å². The van der Waals surface area contributed by atoms with Gasteiger partial charge in [0.25, 0.3) is 0 Å². The Bertz CT molecular complexity index is 489. The lowest BCUT2D eigenvalue weighted by molar-refractivity contribution is -0.291. The van der Waals surface area contributed by atoms with E-state index in [1.165, 1.54) is 6.92 Å². The van der Waals surface area contributed by atoms with Crippen molar-refractivity contribution in [3.8, 4) is 5.75 Å². The summed E-state index contributed by atoms with van der Waals surface area (Å²) in [6.45, 7) is 1.46. The average molecular weight is 299 g/mol. The summed E-state index contributed by atoms with van der Waals surface area (Å²) in [5.41, 5.74) is -1.55. The van der Waals surface area contributed by atoms with Crippen LogP contribution in [0.15, 0.2) is 18.3 Å². The zero-order valence-corrected chi connectivity index (χ0v) is 10.1. The fraction of sp³-hybridized carbons (Fsp3) is 0.455. The molecule has 0 aromatic carbocycles. The predicted molar refractivity (Wildman–Crippen MR) is 56.5 cm³/mol. The summed E-state index contributed by atoms with van der Waals surface area (Å²) in [6.07, 6.45) is -6.43. The SMILES string of the molecule is CCC(Oc1ccnc(C(F)(F)C(F)(F)F)c1)C(=O)O. The maximum atomic E-state index is 13.1. The Morgan fingerprint density at radius 3 is 2.45 bits per heavy atom. The molecule has 1 rings (SSSR count). The Kier molecular flexibility index (Phi) is 4.51. The number of rotatable bonds is 5. The Balaban J connectivity index is 3.05. The Labute approximate surface area is 110 Å². The third-order valence-corrected chi connectivity index (χ3v) is 2.33.